The van der Waals surface area contributed by atoms with Gasteiger partial charge in [0.25, 0.3) is 0 Å². The molecule has 0 aromatic heterocycles. The summed E-state index contributed by atoms with van der Waals surface area (Å²) >= 11 is 0. The Morgan fingerprint density at radius 3 is 2.38 bits per heavy atom. The van der Waals surface area contributed by atoms with E-state index >= 15 is 0 Å². The SMILES string of the molecule is COc1ccc(C)cc1NC(=O)CNC12CC3CC(CC(C3)C1)C2. The number of aryl methyl sites for hydroxylation is 1. The molecule has 0 atom stereocenters. The molecule has 130 valence electrons. The minimum Gasteiger partial charge on any atom is -0.495 e. The number of amides is 1. The molecule has 1 aromatic rings. The predicted octanol–water partition coefficient (Wildman–Crippen LogP) is 3.50. The summed E-state index contributed by atoms with van der Waals surface area (Å²) in [4.78, 5) is 12.5. The summed E-state index contributed by atoms with van der Waals surface area (Å²) < 4.78 is 5.34. The van der Waals surface area contributed by atoms with Crippen molar-refractivity contribution in [2.24, 2.45) is 17.8 Å². The van der Waals surface area contributed by atoms with Gasteiger partial charge >= 0.3 is 0 Å². The molecule has 4 bridgehead atoms. The van der Waals surface area contributed by atoms with Gasteiger partial charge in [-0.05, 0) is 80.9 Å². The van der Waals surface area contributed by atoms with E-state index in [1.807, 2.05) is 25.1 Å². The van der Waals surface area contributed by atoms with Crippen molar-refractivity contribution in [2.45, 2.75) is 51.0 Å². The van der Waals surface area contributed by atoms with E-state index in [1.54, 1.807) is 7.11 Å². The quantitative estimate of drug-likeness (QED) is 0.870. The molecule has 4 heteroatoms. The van der Waals surface area contributed by atoms with E-state index in [-0.39, 0.29) is 11.4 Å². The monoisotopic (exact) mass is 328 g/mol. The van der Waals surface area contributed by atoms with E-state index in [0.717, 1.165) is 29.0 Å². The summed E-state index contributed by atoms with van der Waals surface area (Å²) in [7, 11) is 1.63. The zero-order chi connectivity index (χ0) is 16.7. The van der Waals surface area contributed by atoms with E-state index in [1.165, 1.54) is 38.5 Å². The third kappa shape index (κ3) is 3.04. The molecule has 0 radical (unpaired) electrons. The molecule has 4 aliphatic rings. The van der Waals surface area contributed by atoms with Crippen LogP contribution in [-0.4, -0.2) is 25.1 Å². The Balaban J connectivity index is 1.38. The highest BCUT2D eigenvalue weighted by atomic mass is 16.5. The van der Waals surface area contributed by atoms with E-state index in [0.29, 0.717) is 12.3 Å². The van der Waals surface area contributed by atoms with E-state index in [4.69, 9.17) is 4.74 Å². The number of benzene rings is 1. The number of hydrogen-bond acceptors (Lipinski definition) is 3. The van der Waals surface area contributed by atoms with Gasteiger partial charge in [-0.25, -0.2) is 0 Å². The smallest absolute Gasteiger partial charge is 0.238 e. The molecule has 5 rings (SSSR count). The fourth-order valence-corrected chi connectivity index (χ4v) is 5.71. The Kier molecular flexibility index (Phi) is 4.03. The number of hydrogen-bond donors (Lipinski definition) is 2. The number of anilines is 1. The van der Waals surface area contributed by atoms with Crippen LogP contribution in [0.3, 0.4) is 0 Å². The molecule has 4 fully saturated rings. The fraction of sp³-hybridized carbons (Fsp3) is 0.650. The Morgan fingerprint density at radius 1 is 1.17 bits per heavy atom. The average molecular weight is 328 g/mol. The van der Waals surface area contributed by atoms with Gasteiger partial charge < -0.3 is 15.4 Å². The lowest BCUT2D eigenvalue weighted by Crippen LogP contribution is -2.59. The molecule has 4 nitrogen and oxygen atoms in total. The minimum atomic E-state index is 0.0228. The highest BCUT2D eigenvalue weighted by Gasteiger charge is 2.50. The first-order chi connectivity index (χ1) is 11.5. The molecule has 4 aliphatic carbocycles. The second-order valence-corrected chi connectivity index (χ2v) is 8.30. The lowest BCUT2D eigenvalue weighted by molar-refractivity contribution is -0.116. The van der Waals surface area contributed by atoms with Gasteiger partial charge in [0.15, 0.2) is 0 Å². The predicted molar refractivity (Wildman–Crippen MR) is 95.3 cm³/mol. The van der Waals surface area contributed by atoms with Crippen LogP contribution in [0.2, 0.25) is 0 Å². The average Bonchev–Trinajstić information content (AvgIpc) is 2.52. The topological polar surface area (TPSA) is 50.4 Å². The summed E-state index contributed by atoms with van der Waals surface area (Å²) in [5, 5.41) is 6.65. The van der Waals surface area contributed by atoms with Crippen LogP contribution in [-0.2, 0) is 4.79 Å². The van der Waals surface area contributed by atoms with Crippen molar-refractivity contribution in [1.82, 2.24) is 5.32 Å². The first kappa shape index (κ1) is 15.9. The Labute approximate surface area is 144 Å². The minimum absolute atomic E-state index is 0.0228. The first-order valence-corrected chi connectivity index (χ1v) is 9.25. The maximum atomic E-state index is 12.5. The van der Waals surface area contributed by atoms with Crippen molar-refractivity contribution in [1.29, 1.82) is 0 Å². The summed E-state index contributed by atoms with van der Waals surface area (Å²) in [5.74, 6) is 3.41. The van der Waals surface area contributed by atoms with Gasteiger partial charge in [0, 0.05) is 5.54 Å². The fourth-order valence-electron chi connectivity index (χ4n) is 5.71. The van der Waals surface area contributed by atoms with Crippen molar-refractivity contribution in [3.63, 3.8) is 0 Å². The first-order valence-electron chi connectivity index (χ1n) is 9.25. The van der Waals surface area contributed by atoms with Crippen molar-refractivity contribution in [2.75, 3.05) is 19.0 Å². The molecule has 4 saturated carbocycles. The maximum Gasteiger partial charge on any atom is 0.238 e. The normalized spacial score (nSPS) is 33.5. The number of methoxy groups -OCH3 is 1. The number of carbonyl (C=O) groups is 1. The third-order valence-corrected chi connectivity index (χ3v) is 6.29. The highest BCUT2D eigenvalue weighted by Crippen LogP contribution is 2.55. The largest absolute Gasteiger partial charge is 0.495 e. The van der Waals surface area contributed by atoms with Gasteiger partial charge in [-0.15, -0.1) is 0 Å². The molecule has 1 amide bonds. The third-order valence-electron chi connectivity index (χ3n) is 6.29. The van der Waals surface area contributed by atoms with Crippen LogP contribution in [0.15, 0.2) is 18.2 Å². The van der Waals surface area contributed by atoms with Crippen molar-refractivity contribution >= 4 is 11.6 Å². The lowest BCUT2D eigenvalue weighted by Gasteiger charge is -2.57. The van der Waals surface area contributed by atoms with Gasteiger partial charge in [0.1, 0.15) is 5.75 Å². The van der Waals surface area contributed by atoms with Crippen LogP contribution in [0, 0.1) is 24.7 Å². The van der Waals surface area contributed by atoms with Gasteiger partial charge in [0.2, 0.25) is 5.91 Å². The van der Waals surface area contributed by atoms with Crippen molar-refractivity contribution < 1.29 is 9.53 Å². The van der Waals surface area contributed by atoms with Crippen LogP contribution in [0.5, 0.6) is 5.75 Å². The summed E-state index contributed by atoms with van der Waals surface area (Å²) in [5.41, 5.74) is 2.10. The zero-order valence-electron chi connectivity index (χ0n) is 14.7. The maximum absolute atomic E-state index is 12.5. The number of rotatable bonds is 5. The van der Waals surface area contributed by atoms with Gasteiger partial charge in [-0.1, -0.05) is 6.07 Å². The molecule has 0 spiro atoms. The van der Waals surface area contributed by atoms with E-state index in [9.17, 15) is 4.79 Å². The van der Waals surface area contributed by atoms with Gasteiger partial charge in [0.05, 0.1) is 19.3 Å². The highest BCUT2D eigenvalue weighted by molar-refractivity contribution is 5.93. The van der Waals surface area contributed by atoms with Crippen LogP contribution >= 0.6 is 0 Å². The zero-order valence-corrected chi connectivity index (χ0v) is 14.7. The van der Waals surface area contributed by atoms with Crippen molar-refractivity contribution in [3.8, 4) is 5.75 Å². The van der Waals surface area contributed by atoms with Crippen LogP contribution < -0.4 is 15.4 Å². The van der Waals surface area contributed by atoms with Crippen LogP contribution in [0.1, 0.15) is 44.1 Å². The summed E-state index contributed by atoms with van der Waals surface area (Å²) in [6.45, 7) is 2.41. The van der Waals surface area contributed by atoms with E-state index in [2.05, 4.69) is 10.6 Å². The van der Waals surface area contributed by atoms with Crippen molar-refractivity contribution in [3.05, 3.63) is 23.8 Å². The molecule has 0 aliphatic heterocycles. The second kappa shape index (κ2) is 6.07. The molecular weight excluding hydrogens is 300 g/mol. The van der Waals surface area contributed by atoms with Crippen LogP contribution in [0.25, 0.3) is 0 Å². The standard InChI is InChI=1S/C20H28N2O2/c1-13-3-4-18(24-2)17(5-13)22-19(23)12-21-20-9-14-6-15(10-20)8-16(7-14)11-20/h3-5,14-16,21H,6-12H2,1-2H3,(H,22,23). The van der Waals surface area contributed by atoms with E-state index < -0.39 is 0 Å². The molecule has 2 N–H and O–H groups in total. The number of ether oxygens (including phenoxy) is 1. The lowest BCUT2D eigenvalue weighted by atomic mass is 9.53. The summed E-state index contributed by atoms with van der Waals surface area (Å²) in [6, 6.07) is 5.85. The van der Waals surface area contributed by atoms with Gasteiger partial charge in [-0.2, -0.15) is 0 Å². The molecule has 24 heavy (non-hydrogen) atoms. The van der Waals surface area contributed by atoms with Gasteiger partial charge in [-0.3, -0.25) is 4.79 Å². The molecule has 1 aromatic carbocycles. The second-order valence-electron chi connectivity index (χ2n) is 8.30. The van der Waals surface area contributed by atoms with Crippen LogP contribution in [0.4, 0.5) is 5.69 Å². The Bertz CT molecular complexity index is 605. The number of carbonyl (C=O) groups excluding carboxylic acids is 1. The molecule has 0 saturated heterocycles. The summed E-state index contributed by atoms with van der Waals surface area (Å²) in [6.07, 6.45) is 8.06. The Hall–Kier alpha value is -1.55. The molecule has 0 unspecified atom stereocenters. The number of nitrogens with one attached hydrogen (secondary N) is 2. The molecule has 0 heterocycles. The Morgan fingerprint density at radius 2 is 1.79 bits per heavy atom. The molecular formula is C20H28N2O2.